The van der Waals surface area contributed by atoms with Crippen molar-refractivity contribution in [2.45, 2.75) is 13.8 Å². The van der Waals surface area contributed by atoms with Crippen molar-refractivity contribution < 1.29 is 0 Å². The third-order valence-electron chi connectivity index (χ3n) is 1.30. The van der Waals surface area contributed by atoms with Gasteiger partial charge in [0.05, 0.1) is 0 Å². The van der Waals surface area contributed by atoms with E-state index in [-0.39, 0.29) is 0 Å². The second-order valence-corrected chi connectivity index (χ2v) is 2.77. The van der Waals surface area contributed by atoms with Crippen molar-refractivity contribution in [2.24, 2.45) is 0 Å². The van der Waals surface area contributed by atoms with Gasteiger partial charge in [-0.25, -0.2) is 0 Å². The first-order chi connectivity index (χ1) is 5.66. The van der Waals surface area contributed by atoms with Gasteiger partial charge >= 0.3 is 0 Å². The van der Waals surface area contributed by atoms with Crippen LogP contribution in [-0.4, -0.2) is 6.54 Å². The molecule has 0 radical (unpaired) electrons. The Kier molecular flexibility index (Phi) is 5.80. The summed E-state index contributed by atoms with van der Waals surface area (Å²) in [4.78, 5) is 0. The van der Waals surface area contributed by atoms with Gasteiger partial charge in [-0.15, -0.1) is 0 Å². The molecule has 0 aliphatic heterocycles. The van der Waals surface area contributed by atoms with Gasteiger partial charge in [0, 0.05) is 12.2 Å². The van der Waals surface area contributed by atoms with E-state index in [2.05, 4.69) is 31.5 Å². The topological polar surface area (TPSA) is 12.0 Å². The van der Waals surface area contributed by atoms with Crippen LogP contribution in [0.2, 0.25) is 0 Å². The van der Waals surface area contributed by atoms with Gasteiger partial charge in [0.2, 0.25) is 0 Å². The minimum atomic E-state index is 0.858. The van der Waals surface area contributed by atoms with Crippen LogP contribution in [0.25, 0.3) is 0 Å². The Labute approximate surface area is 75.2 Å². The lowest BCUT2D eigenvalue weighted by molar-refractivity contribution is 0.874. The molecule has 0 spiro atoms. The van der Waals surface area contributed by atoms with E-state index in [9.17, 15) is 0 Å². The standard InChI is InChI=1S/C11H17N/c1-5-6-7-8-11(4)9-12-10(2)3/h5-8,12H,1-2,9H2,3-4H3/b7-6-,11-8+. The highest BCUT2D eigenvalue weighted by Crippen LogP contribution is 1.92. The lowest BCUT2D eigenvalue weighted by Gasteiger charge is -2.03. The van der Waals surface area contributed by atoms with E-state index >= 15 is 0 Å². The Morgan fingerprint density at radius 3 is 2.50 bits per heavy atom. The van der Waals surface area contributed by atoms with E-state index in [1.807, 2.05) is 19.1 Å². The van der Waals surface area contributed by atoms with Crippen molar-refractivity contribution in [3.8, 4) is 0 Å². The van der Waals surface area contributed by atoms with E-state index in [0.717, 1.165) is 12.2 Å². The van der Waals surface area contributed by atoms with Gasteiger partial charge in [-0.3, -0.25) is 0 Å². The number of hydrogen-bond donors (Lipinski definition) is 1. The van der Waals surface area contributed by atoms with E-state index in [1.165, 1.54) is 5.57 Å². The Hall–Kier alpha value is -1.24. The summed E-state index contributed by atoms with van der Waals surface area (Å²) in [5, 5.41) is 3.15. The molecule has 0 fully saturated rings. The fourth-order valence-electron chi connectivity index (χ4n) is 0.648. The molecule has 0 saturated heterocycles. The molecule has 1 N–H and O–H groups in total. The van der Waals surface area contributed by atoms with Gasteiger partial charge in [-0.2, -0.15) is 0 Å². The zero-order valence-electron chi connectivity index (χ0n) is 7.93. The van der Waals surface area contributed by atoms with E-state index in [1.54, 1.807) is 6.08 Å². The van der Waals surface area contributed by atoms with Crippen LogP contribution in [0.1, 0.15) is 13.8 Å². The summed E-state index contributed by atoms with van der Waals surface area (Å²) >= 11 is 0. The second kappa shape index (κ2) is 6.47. The first-order valence-electron chi connectivity index (χ1n) is 4.01. The van der Waals surface area contributed by atoms with Gasteiger partial charge in [0.15, 0.2) is 0 Å². The molecule has 0 saturated carbocycles. The molecule has 0 aromatic heterocycles. The Morgan fingerprint density at radius 2 is 2.00 bits per heavy atom. The predicted octanol–water partition coefficient (Wildman–Crippen LogP) is 2.80. The highest BCUT2D eigenvalue weighted by atomic mass is 14.9. The van der Waals surface area contributed by atoms with Gasteiger partial charge in [0.25, 0.3) is 0 Å². The number of rotatable bonds is 5. The summed E-state index contributed by atoms with van der Waals surface area (Å²) in [6.07, 6.45) is 7.69. The van der Waals surface area contributed by atoms with Gasteiger partial charge < -0.3 is 5.32 Å². The second-order valence-electron chi connectivity index (χ2n) is 2.77. The summed E-state index contributed by atoms with van der Waals surface area (Å²) in [5.74, 6) is 0. The lowest BCUT2D eigenvalue weighted by Crippen LogP contribution is -2.12. The molecule has 0 bridgehead atoms. The Bertz CT molecular complexity index is 209. The molecule has 0 aliphatic rings. The fraction of sp³-hybridized carbons (Fsp3) is 0.273. The first kappa shape index (κ1) is 10.8. The van der Waals surface area contributed by atoms with Crippen molar-refractivity contribution >= 4 is 0 Å². The SMILES string of the molecule is C=C/C=C\C=C(/C)CNC(=C)C. The molecule has 12 heavy (non-hydrogen) atoms. The molecule has 0 heterocycles. The maximum atomic E-state index is 3.75. The van der Waals surface area contributed by atoms with Crippen LogP contribution in [-0.2, 0) is 0 Å². The molecule has 1 heteroatoms. The molecule has 1 nitrogen and oxygen atoms in total. The summed E-state index contributed by atoms with van der Waals surface area (Å²) in [7, 11) is 0. The minimum absolute atomic E-state index is 0.858. The third-order valence-corrected chi connectivity index (χ3v) is 1.30. The maximum absolute atomic E-state index is 3.75. The highest BCUT2D eigenvalue weighted by Gasteiger charge is 1.85. The molecule has 66 valence electrons. The molecular formula is C11H17N. The average Bonchev–Trinajstić information content (AvgIpc) is 2.01. The molecule has 0 rings (SSSR count). The van der Waals surface area contributed by atoms with Crippen molar-refractivity contribution in [1.82, 2.24) is 5.32 Å². The number of allylic oxidation sites excluding steroid dienone is 5. The fourth-order valence-corrected chi connectivity index (χ4v) is 0.648. The molecule has 0 atom stereocenters. The third kappa shape index (κ3) is 6.87. The van der Waals surface area contributed by atoms with Gasteiger partial charge in [-0.05, 0) is 13.8 Å². The quantitative estimate of drug-likeness (QED) is 0.614. The van der Waals surface area contributed by atoms with Crippen LogP contribution in [0.3, 0.4) is 0 Å². The van der Waals surface area contributed by atoms with E-state index in [0.29, 0.717) is 0 Å². The lowest BCUT2D eigenvalue weighted by atomic mass is 10.2. The van der Waals surface area contributed by atoms with E-state index < -0.39 is 0 Å². The van der Waals surface area contributed by atoms with Crippen LogP contribution in [0, 0.1) is 0 Å². The molecule has 0 aromatic rings. The largest absolute Gasteiger partial charge is 0.385 e. The first-order valence-corrected chi connectivity index (χ1v) is 4.01. The monoisotopic (exact) mass is 163 g/mol. The summed E-state index contributed by atoms with van der Waals surface area (Å²) in [6.45, 7) is 12.2. The summed E-state index contributed by atoms with van der Waals surface area (Å²) in [6, 6.07) is 0. The Morgan fingerprint density at radius 1 is 1.33 bits per heavy atom. The molecule has 0 unspecified atom stereocenters. The van der Waals surface area contributed by atoms with Crippen LogP contribution in [0.15, 0.2) is 48.7 Å². The molecule has 0 aromatic carbocycles. The minimum Gasteiger partial charge on any atom is -0.385 e. The highest BCUT2D eigenvalue weighted by molar-refractivity contribution is 5.15. The average molecular weight is 163 g/mol. The zero-order chi connectivity index (χ0) is 9.40. The normalized spacial score (nSPS) is 11.7. The van der Waals surface area contributed by atoms with Crippen molar-refractivity contribution in [2.75, 3.05) is 6.54 Å². The van der Waals surface area contributed by atoms with Crippen LogP contribution in [0.4, 0.5) is 0 Å². The summed E-state index contributed by atoms with van der Waals surface area (Å²) < 4.78 is 0. The Balaban J connectivity index is 3.77. The zero-order valence-corrected chi connectivity index (χ0v) is 7.93. The van der Waals surface area contributed by atoms with Crippen molar-refractivity contribution in [3.05, 3.63) is 48.7 Å². The van der Waals surface area contributed by atoms with Crippen LogP contribution in [0.5, 0.6) is 0 Å². The maximum Gasteiger partial charge on any atom is 0.0357 e. The van der Waals surface area contributed by atoms with E-state index in [4.69, 9.17) is 0 Å². The molecule has 0 amide bonds. The smallest absolute Gasteiger partial charge is 0.0357 e. The van der Waals surface area contributed by atoms with Gasteiger partial charge in [-0.1, -0.05) is 43.0 Å². The summed E-state index contributed by atoms with van der Waals surface area (Å²) in [5.41, 5.74) is 2.27. The molecule has 0 aliphatic carbocycles. The molecular weight excluding hydrogens is 146 g/mol. The number of nitrogens with one attached hydrogen (secondary N) is 1. The number of hydrogen-bond acceptors (Lipinski definition) is 1. The van der Waals surface area contributed by atoms with Crippen molar-refractivity contribution in [1.29, 1.82) is 0 Å². The predicted molar refractivity (Wildman–Crippen MR) is 55.9 cm³/mol. The van der Waals surface area contributed by atoms with Gasteiger partial charge in [0.1, 0.15) is 0 Å². The van der Waals surface area contributed by atoms with Crippen LogP contribution >= 0.6 is 0 Å². The van der Waals surface area contributed by atoms with Crippen molar-refractivity contribution in [3.63, 3.8) is 0 Å². The van der Waals surface area contributed by atoms with Crippen LogP contribution < -0.4 is 5.32 Å².